The van der Waals surface area contributed by atoms with E-state index < -0.39 is 11.7 Å². The zero-order chi connectivity index (χ0) is 16.9. The van der Waals surface area contributed by atoms with Crippen LogP contribution in [0.4, 0.5) is 13.2 Å². The predicted octanol–water partition coefficient (Wildman–Crippen LogP) is 3.02. The number of nitrogens with one attached hydrogen (secondary N) is 1. The van der Waals surface area contributed by atoms with Crippen LogP contribution in [0.5, 0.6) is 5.75 Å². The molecule has 2 rings (SSSR count). The van der Waals surface area contributed by atoms with Crippen LogP contribution in [0.2, 0.25) is 0 Å². The number of rotatable bonds is 5. The summed E-state index contributed by atoms with van der Waals surface area (Å²) in [5, 5.41) is 2.78. The maximum Gasteiger partial charge on any atom is 0.419 e. The van der Waals surface area contributed by atoms with Crippen molar-refractivity contribution in [3.63, 3.8) is 0 Å². The van der Waals surface area contributed by atoms with Crippen molar-refractivity contribution in [3.05, 3.63) is 29.8 Å². The molecule has 0 saturated carbocycles. The molecule has 1 N–H and O–H groups in total. The Bertz CT molecular complexity index is 528. The molecule has 0 radical (unpaired) electrons. The first kappa shape index (κ1) is 17.6. The van der Waals surface area contributed by atoms with E-state index in [0.717, 1.165) is 6.07 Å². The fourth-order valence-corrected chi connectivity index (χ4v) is 2.40. The summed E-state index contributed by atoms with van der Waals surface area (Å²) in [6, 6.07) is 4.66. The topological polar surface area (TPSA) is 47.6 Å². The first-order valence-electron chi connectivity index (χ1n) is 7.55. The Kier molecular flexibility index (Phi) is 5.87. The molecule has 1 aliphatic heterocycles. The Balaban J connectivity index is 1.87. The van der Waals surface area contributed by atoms with Crippen LogP contribution in [0.25, 0.3) is 0 Å². The Morgan fingerprint density at radius 3 is 2.65 bits per heavy atom. The summed E-state index contributed by atoms with van der Waals surface area (Å²) >= 11 is 0. The SMILES string of the molecule is C[C@H](COc1ccccc1C(F)(F)F)NC(=O)C1CCOCC1. The van der Waals surface area contributed by atoms with Crippen molar-refractivity contribution in [2.45, 2.75) is 32.0 Å². The van der Waals surface area contributed by atoms with Gasteiger partial charge in [-0.05, 0) is 31.9 Å². The zero-order valence-corrected chi connectivity index (χ0v) is 12.9. The van der Waals surface area contributed by atoms with E-state index in [1.807, 2.05) is 0 Å². The third kappa shape index (κ3) is 5.13. The number of benzene rings is 1. The molecule has 1 fully saturated rings. The van der Waals surface area contributed by atoms with E-state index in [2.05, 4.69) is 5.32 Å². The van der Waals surface area contributed by atoms with Gasteiger partial charge in [0.1, 0.15) is 12.4 Å². The van der Waals surface area contributed by atoms with Crippen LogP contribution in [0.1, 0.15) is 25.3 Å². The average molecular weight is 331 g/mol. The number of ether oxygens (including phenoxy) is 2. The standard InChI is InChI=1S/C16H20F3NO3/c1-11(20-15(21)12-6-8-22-9-7-12)10-23-14-5-3-2-4-13(14)16(17,18)19/h2-5,11-12H,6-10H2,1H3,(H,20,21)/t11-/m1/s1. The minimum Gasteiger partial charge on any atom is -0.491 e. The van der Waals surface area contributed by atoms with Gasteiger partial charge < -0.3 is 14.8 Å². The maximum atomic E-state index is 12.9. The highest BCUT2D eigenvalue weighted by Gasteiger charge is 2.34. The van der Waals surface area contributed by atoms with Crippen LogP contribution in [-0.2, 0) is 15.7 Å². The summed E-state index contributed by atoms with van der Waals surface area (Å²) in [6.07, 6.45) is -3.14. The monoisotopic (exact) mass is 331 g/mol. The van der Waals surface area contributed by atoms with Crippen LogP contribution >= 0.6 is 0 Å². The molecule has 1 heterocycles. The second-order valence-electron chi connectivity index (χ2n) is 5.60. The highest BCUT2D eigenvalue weighted by atomic mass is 19.4. The fourth-order valence-electron chi connectivity index (χ4n) is 2.40. The fraction of sp³-hybridized carbons (Fsp3) is 0.562. The summed E-state index contributed by atoms with van der Waals surface area (Å²) in [4.78, 5) is 12.0. The van der Waals surface area contributed by atoms with Gasteiger partial charge in [0, 0.05) is 19.1 Å². The summed E-state index contributed by atoms with van der Waals surface area (Å²) < 4.78 is 49.0. The van der Waals surface area contributed by atoms with Gasteiger partial charge in [0.25, 0.3) is 0 Å². The van der Waals surface area contributed by atoms with Crippen molar-refractivity contribution >= 4 is 5.91 Å². The van der Waals surface area contributed by atoms with Gasteiger partial charge in [-0.15, -0.1) is 0 Å². The molecular weight excluding hydrogens is 311 g/mol. The van der Waals surface area contributed by atoms with Gasteiger partial charge >= 0.3 is 6.18 Å². The quantitative estimate of drug-likeness (QED) is 0.902. The molecular formula is C16H20F3NO3. The normalized spacial score (nSPS) is 17.6. The molecule has 23 heavy (non-hydrogen) atoms. The van der Waals surface area contributed by atoms with E-state index in [1.54, 1.807) is 6.92 Å². The highest BCUT2D eigenvalue weighted by Crippen LogP contribution is 2.35. The molecule has 1 amide bonds. The minimum atomic E-state index is -4.47. The highest BCUT2D eigenvalue weighted by molar-refractivity contribution is 5.79. The lowest BCUT2D eigenvalue weighted by Gasteiger charge is -2.24. The largest absolute Gasteiger partial charge is 0.491 e. The van der Waals surface area contributed by atoms with Crippen LogP contribution in [0, 0.1) is 5.92 Å². The van der Waals surface area contributed by atoms with E-state index in [-0.39, 0.29) is 30.2 Å². The average Bonchev–Trinajstić information content (AvgIpc) is 2.53. The van der Waals surface area contributed by atoms with Gasteiger partial charge in [0.15, 0.2) is 0 Å². The third-order valence-electron chi connectivity index (χ3n) is 3.66. The number of hydrogen-bond acceptors (Lipinski definition) is 3. The summed E-state index contributed by atoms with van der Waals surface area (Å²) in [6.45, 7) is 2.79. The van der Waals surface area contributed by atoms with Crippen molar-refractivity contribution in [1.29, 1.82) is 0 Å². The molecule has 1 atom stereocenters. The van der Waals surface area contributed by atoms with Crippen LogP contribution in [0.3, 0.4) is 0 Å². The molecule has 0 spiro atoms. The number of carbonyl (C=O) groups is 1. The molecule has 4 nitrogen and oxygen atoms in total. The number of halogens is 3. The third-order valence-corrected chi connectivity index (χ3v) is 3.66. The number of hydrogen-bond donors (Lipinski definition) is 1. The second-order valence-corrected chi connectivity index (χ2v) is 5.60. The van der Waals surface area contributed by atoms with Crippen LogP contribution in [0.15, 0.2) is 24.3 Å². The molecule has 0 bridgehead atoms. The predicted molar refractivity (Wildman–Crippen MR) is 78.1 cm³/mol. The van der Waals surface area contributed by atoms with E-state index in [1.165, 1.54) is 18.2 Å². The molecule has 0 aliphatic carbocycles. The van der Waals surface area contributed by atoms with Gasteiger partial charge in [-0.2, -0.15) is 13.2 Å². The molecule has 1 aromatic rings. The lowest BCUT2D eigenvalue weighted by atomic mass is 9.99. The van der Waals surface area contributed by atoms with Gasteiger partial charge in [0.05, 0.1) is 11.6 Å². The molecule has 7 heteroatoms. The van der Waals surface area contributed by atoms with E-state index in [9.17, 15) is 18.0 Å². The van der Waals surface area contributed by atoms with Crippen molar-refractivity contribution < 1.29 is 27.4 Å². The molecule has 0 aromatic heterocycles. The number of amides is 1. The summed E-state index contributed by atoms with van der Waals surface area (Å²) in [7, 11) is 0. The van der Waals surface area contributed by atoms with Gasteiger partial charge in [-0.1, -0.05) is 12.1 Å². The van der Waals surface area contributed by atoms with Gasteiger partial charge in [-0.3, -0.25) is 4.79 Å². The number of carbonyl (C=O) groups excluding carboxylic acids is 1. The van der Waals surface area contributed by atoms with Crippen LogP contribution < -0.4 is 10.1 Å². The number of alkyl halides is 3. The van der Waals surface area contributed by atoms with Gasteiger partial charge in [-0.25, -0.2) is 0 Å². The first-order chi connectivity index (χ1) is 10.9. The molecule has 1 saturated heterocycles. The molecule has 1 aliphatic rings. The van der Waals surface area contributed by atoms with E-state index in [0.29, 0.717) is 26.1 Å². The zero-order valence-electron chi connectivity index (χ0n) is 12.9. The molecule has 0 unspecified atom stereocenters. The summed E-state index contributed by atoms with van der Waals surface area (Å²) in [5.41, 5.74) is -0.817. The van der Waals surface area contributed by atoms with E-state index in [4.69, 9.17) is 9.47 Å². The molecule has 1 aromatic carbocycles. The Labute approximate surface area is 133 Å². The van der Waals surface area contributed by atoms with Crippen molar-refractivity contribution in [2.75, 3.05) is 19.8 Å². The van der Waals surface area contributed by atoms with E-state index >= 15 is 0 Å². The lowest BCUT2D eigenvalue weighted by molar-refractivity contribution is -0.139. The Hall–Kier alpha value is -1.76. The van der Waals surface area contributed by atoms with Gasteiger partial charge in [0.2, 0.25) is 5.91 Å². The Morgan fingerprint density at radius 1 is 1.35 bits per heavy atom. The Morgan fingerprint density at radius 2 is 2.00 bits per heavy atom. The second kappa shape index (κ2) is 7.68. The lowest BCUT2D eigenvalue weighted by Crippen LogP contribution is -2.42. The smallest absolute Gasteiger partial charge is 0.419 e. The minimum absolute atomic E-state index is 0.0257. The first-order valence-corrected chi connectivity index (χ1v) is 7.55. The van der Waals surface area contributed by atoms with Crippen LogP contribution in [-0.4, -0.2) is 31.8 Å². The maximum absolute atomic E-state index is 12.9. The molecule has 128 valence electrons. The summed E-state index contributed by atoms with van der Waals surface area (Å²) in [5.74, 6) is -0.436. The number of para-hydroxylation sites is 1. The van der Waals surface area contributed by atoms with Crippen molar-refractivity contribution in [2.24, 2.45) is 5.92 Å². The van der Waals surface area contributed by atoms with Crippen molar-refractivity contribution in [1.82, 2.24) is 5.32 Å². The van der Waals surface area contributed by atoms with Crippen molar-refractivity contribution in [3.8, 4) is 5.75 Å².